The van der Waals surface area contributed by atoms with Crippen LogP contribution < -0.4 is 0 Å². The van der Waals surface area contributed by atoms with Crippen LogP contribution in [0.5, 0.6) is 0 Å². The molecule has 0 fully saturated rings. The summed E-state index contributed by atoms with van der Waals surface area (Å²) in [6.45, 7) is 4.48. The molecule has 0 radical (unpaired) electrons. The van der Waals surface area contributed by atoms with Crippen molar-refractivity contribution in [2.75, 3.05) is 0 Å². The average molecular weight is 186 g/mol. The Morgan fingerprint density at radius 3 is 1.67 bits per heavy atom. The van der Waals surface area contributed by atoms with Gasteiger partial charge < -0.3 is 10.2 Å². The van der Waals surface area contributed by atoms with Gasteiger partial charge in [0.2, 0.25) is 0 Å². The molecule has 0 aromatic carbocycles. The first-order chi connectivity index (χ1) is 5.15. The summed E-state index contributed by atoms with van der Waals surface area (Å²) in [5.74, 6) is 0. The Morgan fingerprint density at radius 1 is 1.42 bits per heavy atom. The van der Waals surface area contributed by atoms with Gasteiger partial charge in [0.15, 0.2) is 0 Å². The number of allylic oxidation sites excluding steroid dienone is 1. The van der Waals surface area contributed by atoms with Gasteiger partial charge in [0.1, 0.15) is 0 Å². The van der Waals surface area contributed by atoms with E-state index in [0.29, 0.717) is 0 Å². The van der Waals surface area contributed by atoms with Gasteiger partial charge in [-0.1, -0.05) is 12.2 Å². The molecule has 0 unspecified atom stereocenters. The fourth-order valence-corrected chi connectivity index (χ4v) is 0.342. The van der Waals surface area contributed by atoms with E-state index in [1.54, 1.807) is 0 Å². The maximum Gasteiger partial charge on any atom is 0.503 e. The Hall–Kier alpha value is -1.20. The van der Waals surface area contributed by atoms with Crippen molar-refractivity contribution in [2.24, 2.45) is 0 Å². The van der Waals surface area contributed by atoms with Gasteiger partial charge in [0.25, 0.3) is 0 Å². The van der Waals surface area contributed by atoms with Crippen LogP contribution in [0.1, 0.15) is 13.3 Å². The molecule has 6 heteroatoms. The number of alkyl halides is 3. The highest BCUT2D eigenvalue weighted by Gasteiger charge is 2.26. The van der Waals surface area contributed by atoms with Crippen LogP contribution in [0.4, 0.5) is 18.0 Å². The molecule has 0 aromatic rings. The van der Waals surface area contributed by atoms with E-state index in [9.17, 15) is 13.2 Å². The molecule has 0 aliphatic heterocycles. The van der Waals surface area contributed by atoms with E-state index >= 15 is 0 Å². The standard InChI is InChI=1S/C5H7F3.CH2O3/c1-4(2)3-5(6,7)8;2-1(3)4/h1,3H2,2H3;(H2,2,3,4). The van der Waals surface area contributed by atoms with Crippen LogP contribution in [0.15, 0.2) is 12.2 Å². The summed E-state index contributed by atoms with van der Waals surface area (Å²) < 4.78 is 33.7. The van der Waals surface area contributed by atoms with E-state index in [1.807, 2.05) is 0 Å². The number of halogens is 3. The Kier molecular flexibility index (Phi) is 6.08. The summed E-state index contributed by atoms with van der Waals surface area (Å²) in [6.07, 6.45) is -6.78. The largest absolute Gasteiger partial charge is 0.503 e. The van der Waals surface area contributed by atoms with Gasteiger partial charge in [-0.25, -0.2) is 4.79 Å². The molecule has 0 aliphatic rings. The van der Waals surface area contributed by atoms with Crippen molar-refractivity contribution >= 4 is 6.16 Å². The van der Waals surface area contributed by atoms with Crippen LogP contribution in [0.25, 0.3) is 0 Å². The van der Waals surface area contributed by atoms with Crippen molar-refractivity contribution in [3.05, 3.63) is 12.2 Å². The van der Waals surface area contributed by atoms with Crippen LogP contribution in [0.2, 0.25) is 0 Å². The third-order valence-electron chi connectivity index (χ3n) is 0.502. The molecular formula is C6H9F3O3. The summed E-state index contributed by atoms with van der Waals surface area (Å²) in [4.78, 5) is 8.56. The smallest absolute Gasteiger partial charge is 0.450 e. The molecule has 0 amide bonds. The third-order valence-corrected chi connectivity index (χ3v) is 0.502. The lowest BCUT2D eigenvalue weighted by atomic mass is 10.2. The summed E-state index contributed by atoms with van der Waals surface area (Å²) in [5, 5.41) is 13.9. The number of rotatable bonds is 1. The Labute approximate surface area is 67.1 Å². The topological polar surface area (TPSA) is 57.5 Å². The minimum atomic E-state index is -4.08. The van der Waals surface area contributed by atoms with Crippen LogP contribution in [-0.4, -0.2) is 22.5 Å². The molecule has 12 heavy (non-hydrogen) atoms. The molecule has 0 aliphatic carbocycles. The highest BCUT2D eigenvalue weighted by Crippen LogP contribution is 2.22. The number of hydrogen-bond acceptors (Lipinski definition) is 1. The molecule has 0 saturated carbocycles. The molecule has 0 heterocycles. The maximum atomic E-state index is 11.2. The second kappa shape index (κ2) is 5.45. The quantitative estimate of drug-likeness (QED) is 0.619. The highest BCUT2D eigenvalue weighted by atomic mass is 19.4. The van der Waals surface area contributed by atoms with Crippen molar-refractivity contribution in [1.29, 1.82) is 0 Å². The molecule has 0 aromatic heterocycles. The van der Waals surface area contributed by atoms with Gasteiger partial charge in [-0.15, -0.1) is 0 Å². The zero-order valence-electron chi connectivity index (χ0n) is 6.35. The lowest BCUT2D eigenvalue weighted by Crippen LogP contribution is -2.06. The molecule has 72 valence electrons. The fourth-order valence-electron chi connectivity index (χ4n) is 0.342. The van der Waals surface area contributed by atoms with Crippen molar-refractivity contribution < 1.29 is 28.2 Å². The van der Waals surface area contributed by atoms with Crippen LogP contribution in [0, 0.1) is 0 Å². The monoisotopic (exact) mass is 186 g/mol. The van der Waals surface area contributed by atoms with Crippen LogP contribution in [-0.2, 0) is 0 Å². The summed E-state index contributed by atoms with van der Waals surface area (Å²) in [5.41, 5.74) is 0.150. The van der Waals surface area contributed by atoms with Crippen molar-refractivity contribution in [2.45, 2.75) is 19.5 Å². The molecule has 0 saturated heterocycles. The SMILES string of the molecule is C=C(C)CC(F)(F)F.O=C(O)O. The maximum absolute atomic E-state index is 11.2. The minimum Gasteiger partial charge on any atom is -0.450 e. The normalized spacial score (nSPS) is 9.67. The molecular weight excluding hydrogens is 177 g/mol. The Morgan fingerprint density at radius 2 is 1.67 bits per heavy atom. The summed E-state index contributed by atoms with van der Waals surface area (Å²) in [7, 11) is 0. The minimum absolute atomic E-state index is 0.150. The molecule has 3 nitrogen and oxygen atoms in total. The zero-order chi connectivity index (χ0) is 10.4. The van der Waals surface area contributed by atoms with Gasteiger partial charge in [-0.3, -0.25) is 0 Å². The van der Waals surface area contributed by atoms with Gasteiger partial charge in [0, 0.05) is 0 Å². The molecule has 0 rings (SSSR count). The molecule has 2 N–H and O–H groups in total. The Bertz CT molecular complexity index is 158. The molecule has 0 spiro atoms. The molecule has 0 atom stereocenters. The van der Waals surface area contributed by atoms with E-state index in [0.717, 1.165) is 0 Å². The van der Waals surface area contributed by atoms with Gasteiger partial charge in [-0.2, -0.15) is 13.2 Å². The van der Waals surface area contributed by atoms with E-state index < -0.39 is 18.8 Å². The zero-order valence-corrected chi connectivity index (χ0v) is 6.35. The van der Waals surface area contributed by atoms with Crippen molar-refractivity contribution in [3.8, 4) is 0 Å². The first kappa shape index (κ1) is 13.4. The second-order valence-corrected chi connectivity index (χ2v) is 2.03. The lowest BCUT2D eigenvalue weighted by Gasteiger charge is -2.02. The first-order valence-electron chi connectivity index (χ1n) is 2.78. The van der Waals surface area contributed by atoms with Crippen molar-refractivity contribution in [1.82, 2.24) is 0 Å². The van der Waals surface area contributed by atoms with E-state index in [-0.39, 0.29) is 5.57 Å². The predicted octanol–water partition coefficient (Wildman–Crippen LogP) is 2.74. The highest BCUT2D eigenvalue weighted by molar-refractivity contribution is 5.53. The van der Waals surface area contributed by atoms with Crippen LogP contribution in [0.3, 0.4) is 0 Å². The van der Waals surface area contributed by atoms with Gasteiger partial charge >= 0.3 is 12.3 Å². The second-order valence-electron chi connectivity index (χ2n) is 2.03. The van der Waals surface area contributed by atoms with E-state index in [4.69, 9.17) is 15.0 Å². The average Bonchev–Trinajstić information content (AvgIpc) is 1.52. The number of carbonyl (C=O) groups is 1. The first-order valence-corrected chi connectivity index (χ1v) is 2.78. The predicted molar refractivity (Wildman–Crippen MR) is 36.1 cm³/mol. The van der Waals surface area contributed by atoms with Crippen LogP contribution >= 0.6 is 0 Å². The van der Waals surface area contributed by atoms with E-state index in [1.165, 1.54) is 6.92 Å². The van der Waals surface area contributed by atoms with Gasteiger partial charge in [0.05, 0.1) is 6.42 Å². The Balaban J connectivity index is 0. The molecule has 0 bridgehead atoms. The number of hydrogen-bond donors (Lipinski definition) is 2. The summed E-state index contributed by atoms with van der Waals surface area (Å²) in [6, 6.07) is 0. The van der Waals surface area contributed by atoms with Gasteiger partial charge in [-0.05, 0) is 6.92 Å². The summed E-state index contributed by atoms with van der Waals surface area (Å²) >= 11 is 0. The van der Waals surface area contributed by atoms with E-state index in [2.05, 4.69) is 6.58 Å². The van der Waals surface area contributed by atoms with Crippen molar-refractivity contribution in [3.63, 3.8) is 0 Å². The third kappa shape index (κ3) is 37.1. The number of carboxylic acid groups (broad SMARTS) is 2. The lowest BCUT2D eigenvalue weighted by molar-refractivity contribution is -0.126. The fraction of sp³-hybridized carbons (Fsp3) is 0.500.